The van der Waals surface area contributed by atoms with Gasteiger partial charge in [0.2, 0.25) is 0 Å². The van der Waals surface area contributed by atoms with Crippen LogP contribution in [0.1, 0.15) is 39.3 Å². The molecule has 0 aliphatic rings. The molecule has 116 valence electrons. The molecule has 0 fully saturated rings. The highest BCUT2D eigenvalue weighted by Crippen LogP contribution is 2.18. The predicted octanol–water partition coefficient (Wildman–Crippen LogP) is 3.35. The molecule has 0 unspecified atom stereocenters. The van der Waals surface area contributed by atoms with Gasteiger partial charge in [-0.05, 0) is 46.2 Å². The van der Waals surface area contributed by atoms with Gasteiger partial charge in [0, 0.05) is 25.1 Å². The van der Waals surface area contributed by atoms with Crippen molar-refractivity contribution < 1.29 is 4.74 Å². The molecular formula is C17H27N3O. The zero-order valence-electron chi connectivity index (χ0n) is 13.4. The molecule has 0 radical (unpaired) electrons. The third kappa shape index (κ3) is 4.55. The molecule has 4 heteroatoms. The van der Waals surface area contributed by atoms with Crippen molar-refractivity contribution in [2.75, 3.05) is 13.2 Å². The molecule has 2 rings (SSSR count). The van der Waals surface area contributed by atoms with Gasteiger partial charge in [-0.15, -0.1) is 0 Å². The largest absolute Gasteiger partial charge is 0.379 e. The lowest BCUT2D eigenvalue weighted by atomic mass is 10.2. The number of nitrogens with one attached hydrogen (secondary N) is 1. The molecule has 1 heterocycles. The third-order valence-electron chi connectivity index (χ3n) is 3.53. The number of aryl methyl sites for hydroxylation is 1. The zero-order chi connectivity index (χ0) is 15.1. The molecule has 0 spiro atoms. The Morgan fingerprint density at radius 2 is 2.05 bits per heavy atom. The van der Waals surface area contributed by atoms with Gasteiger partial charge in [0.25, 0.3) is 0 Å². The second kappa shape index (κ2) is 8.15. The van der Waals surface area contributed by atoms with Gasteiger partial charge in [-0.2, -0.15) is 5.10 Å². The van der Waals surface area contributed by atoms with Crippen molar-refractivity contribution >= 4 is 10.9 Å². The number of hydrogen-bond acceptors (Lipinski definition) is 3. The van der Waals surface area contributed by atoms with Gasteiger partial charge in [-0.1, -0.05) is 18.2 Å². The molecule has 1 aromatic heterocycles. The van der Waals surface area contributed by atoms with E-state index in [-0.39, 0.29) is 0 Å². The quantitative estimate of drug-likeness (QED) is 0.720. The highest BCUT2D eigenvalue weighted by molar-refractivity contribution is 5.81. The highest BCUT2D eigenvalue weighted by atomic mass is 16.5. The molecule has 2 aromatic rings. The van der Waals surface area contributed by atoms with Gasteiger partial charge in [0.15, 0.2) is 0 Å². The minimum Gasteiger partial charge on any atom is -0.379 e. The van der Waals surface area contributed by atoms with Gasteiger partial charge in [0.05, 0.1) is 17.3 Å². The van der Waals surface area contributed by atoms with E-state index in [0.717, 1.165) is 44.8 Å². The summed E-state index contributed by atoms with van der Waals surface area (Å²) in [5.41, 5.74) is 2.37. The van der Waals surface area contributed by atoms with Gasteiger partial charge in [0.1, 0.15) is 0 Å². The first-order valence-corrected chi connectivity index (χ1v) is 7.99. The summed E-state index contributed by atoms with van der Waals surface area (Å²) >= 11 is 0. The summed E-state index contributed by atoms with van der Waals surface area (Å²) in [6.45, 7) is 9.89. The molecule has 0 aliphatic heterocycles. The Morgan fingerprint density at radius 1 is 1.24 bits per heavy atom. The van der Waals surface area contributed by atoms with Crippen molar-refractivity contribution in [2.24, 2.45) is 0 Å². The van der Waals surface area contributed by atoms with Crippen LogP contribution in [0, 0.1) is 0 Å². The molecule has 0 saturated heterocycles. The van der Waals surface area contributed by atoms with Crippen molar-refractivity contribution in [1.82, 2.24) is 15.1 Å². The number of rotatable bonds is 9. The van der Waals surface area contributed by atoms with Gasteiger partial charge in [-0.3, -0.25) is 4.68 Å². The Hall–Kier alpha value is -1.39. The van der Waals surface area contributed by atoms with Crippen LogP contribution in [0.4, 0.5) is 0 Å². The maximum Gasteiger partial charge on any atom is 0.0841 e. The zero-order valence-corrected chi connectivity index (χ0v) is 13.4. The Morgan fingerprint density at radius 3 is 2.81 bits per heavy atom. The fourth-order valence-corrected chi connectivity index (χ4v) is 2.45. The monoisotopic (exact) mass is 289 g/mol. The van der Waals surface area contributed by atoms with E-state index in [4.69, 9.17) is 9.84 Å². The van der Waals surface area contributed by atoms with E-state index in [2.05, 4.69) is 55.0 Å². The topological polar surface area (TPSA) is 39.1 Å². The Balaban J connectivity index is 1.79. The fraction of sp³-hybridized carbons (Fsp3) is 0.588. The lowest BCUT2D eigenvalue weighted by molar-refractivity contribution is 0.0760. The van der Waals surface area contributed by atoms with Crippen molar-refractivity contribution in [3.8, 4) is 0 Å². The van der Waals surface area contributed by atoms with Crippen LogP contribution in [-0.4, -0.2) is 29.0 Å². The van der Waals surface area contributed by atoms with Crippen molar-refractivity contribution in [3.63, 3.8) is 0 Å². The minimum absolute atomic E-state index is 0.335. The summed E-state index contributed by atoms with van der Waals surface area (Å²) in [5.74, 6) is 0. The first-order valence-electron chi connectivity index (χ1n) is 7.99. The third-order valence-corrected chi connectivity index (χ3v) is 3.53. The summed E-state index contributed by atoms with van der Waals surface area (Å²) in [4.78, 5) is 0. The van der Waals surface area contributed by atoms with Crippen LogP contribution >= 0.6 is 0 Å². The van der Waals surface area contributed by atoms with Crippen LogP contribution in [0.5, 0.6) is 0 Å². The molecule has 4 nitrogen and oxygen atoms in total. The summed E-state index contributed by atoms with van der Waals surface area (Å²) in [6.07, 6.45) is 2.58. The molecule has 0 bridgehead atoms. The first kappa shape index (κ1) is 16.0. The Bertz CT molecular complexity index is 548. The van der Waals surface area contributed by atoms with Crippen LogP contribution in [0.15, 0.2) is 24.3 Å². The Labute approximate surface area is 127 Å². The number of aromatic nitrogens is 2. The number of ether oxygens (including phenoxy) is 1. The van der Waals surface area contributed by atoms with E-state index in [0.29, 0.717) is 6.10 Å². The highest BCUT2D eigenvalue weighted by Gasteiger charge is 2.08. The fourth-order valence-electron chi connectivity index (χ4n) is 2.45. The second-order valence-electron chi connectivity index (χ2n) is 5.58. The van der Waals surface area contributed by atoms with Crippen LogP contribution in [0.2, 0.25) is 0 Å². The smallest absolute Gasteiger partial charge is 0.0841 e. The SMILES string of the molecule is CCn1nc(CNCCCCOC(C)C)c2ccccc21. The standard InChI is InChI=1S/C17H27N3O/c1-4-20-17-10-6-5-9-15(17)16(19-20)13-18-11-7-8-12-21-14(2)3/h5-6,9-10,14,18H,4,7-8,11-13H2,1-3H3. The van der Waals surface area contributed by atoms with E-state index in [1.165, 1.54) is 10.9 Å². The molecule has 0 saturated carbocycles. The number of benzene rings is 1. The second-order valence-corrected chi connectivity index (χ2v) is 5.58. The van der Waals surface area contributed by atoms with E-state index >= 15 is 0 Å². The number of hydrogen-bond donors (Lipinski definition) is 1. The first-order chi connectivity index (χ1) is 10.2. The molecule has 1 aromatic carbocycles. The number of unbranched alkanes of at least 4 members (excludes halogenated alkanes) is 1. The van der Waals surface area contributed by atoms with Crippen LogP contribution in [-0.2, 0) is 17.8 Å². The van der Waals surface area contributed by atoms with Gasteiger partial charge in [-0.25, -0.2) is 0 Å². The van der Waals surface area contributed by atoms with Crippen molar-refractivity contribution in [1.29, 1.82) is 0 Å². The molecular weight excluding hydrogens is 262 g/mol. The normalized spacial score (nSPS) is 11.6. The predicted molar refractivity (Wildman–Crippen MR) is 87.4 cm³/mol. The molecule has 21 heavy (non-hydrogen) atoms. The molecule has 0 aliphatic carbocycles. The molecule has 0 amide bonds. The van der Waals surface area contributed by atoms with E-state index in [9.17, 15) is 0 Å². The van der Waals surface area contributed by atoms with Gasteiger partial charge >= 0.3 is 0 Å². The number of fused-ring (bicyclic) bond motifs is 1. The van der Waals surface area contributed by atoms with Crippen LogP contribution in [0.25, 0.3) is 10.9 Å². The van der Waals surface area contributed by atoms with Crippen molar-refractivity contribution in [3.05, 3.63) is 30.0 Å². The van der Waals surface area contributed by atoms with E-state index in [1.807, 2.05) is 0 Å². The van der Waals surface area contributed by atoms with Gasteiger partial charge < -0.3 is 10.1 Å². The summed E-state index contributed by atoms with van der Waals surface area (Å²) in [5, 5.41) is 9.44. The summed E-state index contributed by atoms with van der Waals surface area (Å²) in [7, 11) is 0. The summed E-state index contributed by atoms with van der Waals surface area (Å²) in [6, 6.07) is 8.44. The summed E-state index contributed by atoms with van der Waals surface area (Å²) < 4.78 is 7.61. The Kier molecular flexibility index (Phi) is 6.21. The maximum atomic E-state index is 5.54. The number of nitrogens with zero attached hydrogens (tertiary/aromatic N) is 2. The minimum atomic E-state index is 0.335. The molecule has 1 N–H and O–H groups in total. The lowest BCUT2D eigenvalue weighted by Gasteiger charge is -2.07. The average Bonchev–Trinajstić information content (AvgIpc) is 2.84. The van der Waals surface area contributed by atoms with E-state index < -0.39 is 0 Å². The maximum absolute atomic E-state index is 5.54. The molecule has 0 atom stereocenters. The number of para-hydroxylation sites is 1. The van der Waals surface area contributed by atoms with E-state index in [1.54, 1.807) is 0 Å². The lowest BCUT2D eigenvalue weighted by Crippen LogP contribution is -2.16. The van der Waals surface area contributed by atoms with Crippen LogP contribution in [0.3, 0.4) is 0 Å². The average molecular weight is 289 g/mol. The van der Waals surface area contributed by atoms with Crippen molar-refractivity contribution in [2.45, 2.75) is 52.8 Å². The van der Waals surface area contributed by atoms with Crippen LogP contribution < -0.4 is 5.32 Å².